The lowest BCUT2D eigenvalue weighted by Crippen LogP contribution is -2.13. The summed E-state index contributed by atoms with van der Waals surface area (Å²) in [4.78, 5) is 26.7. The molecule has 0 saturated heterocycles. The van der Waals surface area contributed by atoms with Gasteiger partial charge in [0, 0.05) is 17.7 Å². The van der Waals surface area contributed by atoms with Gasteiger partial charge in [0.25, 0.3) is 10.1 Å². The standard InChI is InChI=1S/C22H16N6O6S3/c23-10-14-19(11-2-1-3-12(8-11)25-17(29)6-7-18(30)31)21(36-20(14)24)27-28-22-26-15-9-13(37(32,33)34)4-5-16(15)35-22/h1-5,8-9H,6-7,24H2,(H,25,29)(H,30,31)(H,32,33,34). The monoisotopic (exact) mass is 556 g/mol. The quantitative estimate of drug-likeness (QED) is 0.171. The van der Waals surface area contributed by atoms with E-state index in [4.69, 9.17) is 10.8 Å². The predicted octanol–water partition coefficient (Wildman–Crippen LogP) is 4.94. The molecule has 2 heterocycles. The van der Waals surface area contributed by atoms with Crippen molar-refractivity contribution in [3.8, 4) is 17.2 Å². The van der Waals surface area contributed by atoms with E-state index in [-0.39, 0.29) is 33.4 Å². The minimum atomic E-state index is -4.38. The molecule has 188 valence electrons. The number of nitriles is 1. The number of nitrogens with zero attached hydrogens (tertiary/aromatic N) is 4. The van der Waals surface area contributed by atoms with E-state index in [0.29, 0.717) is 32.0 Å². The minimum Gasteiger partial charge on any atom is -0.481 e. The SMILES string of the molecule is N#Cc1c(N)sc(N=Nc2nc3cc(S(=O)(=O)O)ccc3s2)c1-c1cccc(NC(=O)CCC(=O)O)c1. The van der Waals surface area contributed by atoms with E-state index in [1.165, 1.54) is 18.2 Å². The number of azo groups is 1. The predicted molar refractivity (Wildman–Crippen MR) is 138 cm³/mol. The average Bonchev–Trinajstić information content (AvgIpc) is 3.40. The first-order valence-electron chi connectivity index (χ1n) is 10.3. The number of benzene rings is 2. The number of thiophene rings is 1. The van der Waals surface area contributed by atoms with Gasteiger partial charge in [-0.3, -0.25) is 14.1 Å². The third kappa shape index (κ3) is 5.95. The second-order valence-electron chi connectivity index (χ2n) is 7.46. The van der Waals surface area contributed by atoms with Gasteiger partial charge in [-0.05, 0) is 35.9 Å². The number of amides is 1. The first-order valence-corrected chi connectivity index (χ1v) is 13.4. The van der Waals surface area contributed by atoms with Crippen molar-refractivity contribution in [2.75, 3.05) is 11.1 Å². The first kappa shape index (κ1) is 25.9. The van der Waals surface area contributed by atoms with E-state index >= 15 is 0 Å². The Balaban J connectivity index is 1.67. The van der Waals surface area contributed by atoms with Gasteiger partial charge in [-0.15, -0.1) is 10.2 Å². The molecule has 12 nitrogen and oxygen atoms in total. The molecule has 0 fully saturated rings. The van der Waals surface area contributed by atoms with Crippen LogP contribution in [0.3, 0.4) is 0 Å². The van der Waals surface area contributed by atoms with Gasteiger partial charge in [-0.25, -0.2) is 4.98 Å². The Bertz CT molecular complexity index is 1720. The van der Waals surface area contributed by atoms with Crippen molar-refractivity contribution in [1.82, 2.24) is 4.98 Å². The van der Waals surface area contributed by atoms with Crippen molar-refractivity contribution in [1.29, 1.82) is 5.26 Å². The van der Waals surface area contributed by atoms with Crippen molar-refractivity contribution < 1.29 is 27.7 Å². The maximum absolute atomic E-state index is 12.0. The van der Waals surface area contributed by atoms with Gasteiger partial charge in [0.2, 0.25) is 11.0 Å². The highest BCUT2D eigenvalue weighted by Crippen LogP contribution is 2.45. The van der Waals surface area contributed by atoms with E-state index in [2.05, 4.69) is 26.6 Å². The number of fused-ring (bicyclic) bond motifs is 1. The molecule has 0 atom stereocenters. The molecule has 15 heteroatoms. The number of nitrogen functional groups attached to an aromatic ring is 1. The van der Waals surface area contributed by atoms with Gasteiger partial charge in [0.1, 0.15) is 16.1 Å². The lowest BCUT2D eigenvalue weighted by molar-refractivity contribution is -0.138. The molecule has 2 aromatic carbocycles. The number of rotatable bonds is 8. The largest absolute Gasteiger partial charge is 0.481 e. The molecule has 5 N–H and O–H groups in total. The maximum Gasteiger partial charge on any atom is 0.303 e. The van der Waals surface area contributed by atoms with Crippen LogP contribution < -0.4 is 11.1 Å². The molecule has 0 aliphatic heterocycles. The summed E-state index contributed by atoms with van der Waals surface area (Å²) < 4.78 is 32.6. The number of carbonyl (C=O) groups is 2. The van der Waals surface area contributed by atoms with Crippen LogP contribution in [0.5, 0.6) is 0 Å². The zero-order valence-electron chi connectivity index (χ0n) is 18.6. The summed E-state index contributed by atoms with van der Waals surface area (Å²) in [7, 11) is -4.38. The van der Waals surface area contributed by atoms with E-state index in [0.717, 1.165) is 22.7 Å². The van der Waals surface area contributed by atoms with E-state index in [1.54, 1.807) is 24.3 Å². The lowest BCUT2D eigenvalue weighted by atomic mass is 10.0. The number of carboxylic acids is 1. The summed E-state index contributed by atoms with van der Waals surface area (Å²) in [6, 6.07) is 12.6. The summed E-state index contributed by atoms with van der Waals surface area (Å²) in [5.41, 5.74) is 7.84. The molecule has 0 radical (unpaired) electrons. The Labute approximate surface area is 217 Å². The van der Waals surface area contributed by atoms with Crippen molar-refractivity contribution in [3.05, 3.63) is 48.0 Å². The number of carbonyl (C=O) groups excluding carboxylic acids is 1. The normalized spacial score (nSPS) is 11.6. The number of hydrogen-bond acceptors (Lipinski definition) is 11. The average molecular weight is 557 g/mol. The van der Waals surface area contributed by atoms with Gasteiger partial charge in [-0.2, -0.15) is 13.7 Å². The molecular weight excluding hydrogens is 540 g/mol. The molecule has 0 aliphatic carbocycles. The minimum absolute atomic E-state index is 0.176. The molecule has 4 aromatic rings. The summed E-state index contributed by atoms with van der Waals surface area (Å²) in [5, 5.41) is 30.1. The lowest BCUT2D eigenvalue weighted by Gasteiger charge is -2.07. The van der Waals surface area contributed by atoms with Crippen LogP contribution in [-0.4, -0.2) is 34.9 Å². The number of hydrogen-bond donors (Lipinski definition) is 4. The van der Waals surface area contributed by atoms with Gasteiger partial charge in [-0.1, -0.05) is 34.8 Å². The van der Waals surface area contributed by atoms with Gasteiger partial charge in [0.05, 0.1) is 27.1 Å². The molecule has 37 heavy (non-hydrogen) atoms. The van der Waals surface area contributed by atoms with Crippen LogP contribution in [-0.2, 0) is 19.7 Å². The Morgan fingerprint density at radius 3 is 2.62 bits per heavy atom. The van der Waals surface area contributed by atoms with E-state index in [1.807, 2.05) is 0 Å². The Hall–Kier alpha value is -4.23. The molecule has 4 rings (SSSR count). The zero-order chi connectivity index (χ0) is 26.7. The van der Waals surface area contributed by atoms with Crippen LogP contribution in [0.25, 0.3) is 21.3 Å². The first-order chi connectivity index (χ1) is 17.5. The van der Waals surface area contributed by atoms with Crippen molar-refractivity contribution in [2.45, 2.75) is 17.7 Å². The second kappa shape index (κ2) is 10.4. The van der Waals surface area contributed by atoms with Crippen molar-refractivity contribution >= 4 is 75.7 Å². The highest BCUT2D eigenvalue weighted by atomic mass is 32.2. The third-order valence-corrected chi connectivity index (χ3v) is 7.58. The van der Waals surface area contributed by atoms with Crippen LogP contribution in [0.4, 0.5) is 20.8 Å². The third-order valence-electron chi connectivity index (χ3n) is 4.90. The molecular formula is C22H16N6O6S3. The van der Waals surface area contributed by atoms with Gasteiger partial charge in [0.15, 0.2) is 0 Å². The van der Waals surface area contributed by atoms with Crippen molar-refractivity contribution in [2.24, 2.45) is 10.2 Å². The molecule has 0 aliphatic rings. The molecule has 1 amide bonds. The van der Waals surface area contributed by atoms with Crippen LogP contribution >= 0.6 is 22.7 Å². The van der Waals surface area contributed by atoms with Crippen molar-refractivity contribution in [3.63, 3.8) is 0 Å². The molecule has 0 spiro atoms. The number of thiazole rings is 1. The number of aromatic nitrogens is 1. The molecule has 0 saturated carbocycles. The summed E-state index contributed by atoms with van der Waals surface area (Å²) in [5.74, 6) is -1.56. The summed E-state index contributed by atoms with van der Waals surface area (Å²) >= 11 is 2.17. The topological polar surface area (TPSA) is 208 Å². The zero-order valence-corrected chi connectivity index (χ0v) is 21.0. The fourth-order valence-electron chi connectivity index (χ4n) is 3.27. The maximum atomic E-state index is 12.0. The Morgan fingerprint density at radius 1 is 1.14 bits per heavy atom. The molecule has 0 unspecified atom stereocenters. The number of anilines is 2. The Morgan fingerprint density at radius 2 is 1.92 bits per heavy atom. The smallest absolute Gasteiger partial charge is 0.303 e. The second-order valence-corrected chi connectivity index (χ2v) is 10.9. The fourth-order valence-corrected chi connectivity index (χ4v) is 5.40. The van der Waals surface area contributed by atoms with Crippen LogP contribution in [0, 0.1) is 11.3 Å². The Kier molecular flexibility index (Phi) is 7.27. The summed E-state index contributed by atoms with van der Waals surface area (Å²) in [6.07, 6.45) is -0.500. The number of aliphatic carboxylic acids is 1. The molecule has 0 bridgehead atoms. The highest BCUT2D eigenvalue weighted by molar-refractivity contribution is 7.85. The summed E-state index contributed by atoms with van der Waals surface area (Å²) in [6.45, 7) is 0. The number of carboxylic acid groups (broad SMARTS) is 1. The van der Waals surface area contributed by atoms with Gasteiger partial charge < -0.3 is 16.2 Å². The van der Waals surface area contributed by atoms with Crippen LogP contribution in [0.2, 0.25) is 0 Å². The fraction of sp³-hybridized carbons (Fsp3) is 0.0909. The van der Waals surface area contributed by atoms with E-state index in [9.17, 15) is 27.8 Å². The molecule has 2 aromatic heterocycles. The highest BCUT2D eigenvalue weighted by Gasteiger charge is 2.19. The van der Waals surface area contributed by atoms with Gasteiger partial charge >= 0.3 is 5.97 Å². The van der Waals surface area contributed by atoms with E-state index < -0.39 is 22.0 Å². The number of nitrogens with one attached hydrogen (secondary N) is 1. The van der Waals surface area contributed by atoms with Crippen LogP contribution in [0.1, 0.15) is 18.4 Å². The number of nitrogens with two attached hydrogens (primary N) is 1. The van der Waals surface area contributed by atoms with Crippen LogP contribution in [0.15, 0.2) is 57.6 Å².